The van der Waals surface area contributed by atoms with E-state index in [4.69, 9.17) is 0 Å². The molecule has 1 saturated heterocycles. The van der Waals surface area contributed by atoms with Crippen molar-refractivity contribution in [3.05, 3.63) is 58.9 Å². The average molecular weight is 376 g/mol. The summed E-state index contributed by atoms with van der Waals surface area (Å²) in [6, 6.07) is 10.0. The van der Waals surface area contributed by atoms with Crippen LogP contribution >= 0.6 is 0 Å². The van der Waals surface area contributed by atoms with Crippen LogP contribution in [0, 0.1) is 5.92 Å². The highest BCUT2D eigenvalue weighted by atomic mass is 16.1. The Morgan fingerprint density at radius 2 is 1.93 bits per heavy atom. The maximum Gasteiger partial charge on any atom is 0.261 e. The first-order valence-corrected chi connectivity index (χ1v) is 9.99. The van der Waals surface area contributed by atoms with E-state index in [1.807, 2.05) is 18.2 Å². The monoisotopic (exact) mass is 376 g/mol. The molecule has 0 bridgehead atoms. The van der Waals surface area contributed by atoms with Crippen LogP contribution in [-0.2, 0) is 13.1 Å². The van der Waals surface area contributed by atoms with Crippen molar-refractivity contribution < 1.29 is 0 Å². The Labute approximate surface area is 163 Å². The third kappa shape index (κ3) is 3.62. The maximum atomic E-state index is 12.7. The molecule has 144 valence electrons. The van der Waals surface area contributed by atoms with E-state index in [2.05, 4.69) is 37.1 Å². The minimum atomic E-state index is 0.0808. The number of hydrogen-bond donors (Lipinski definition) is 0. The summed E-state index contributed by atoms with van der Waals surface area (Å²) in [4.78, 5) is 22.0. The normalized spacial score (nSPS) is 17.9. The molecule has 1 aromatic carbocycles. The third-order valence-corrected chi connectivity index (χ3v) is 5.71. The fourth-order valence-electron chi connectivity index (χ4n) is 3.86. The van der Waals surface area contributed by atoms with Crippen molar-refractivity contribution in [2.75, 3.05) is 31.1 Å². The summed E-state index contributed by atoms with van der Waals surface area (Å²) in [6.45, 7) is 5.49. The SMILES string of the molecule is O=c1c2ccc(N3CCN(Cc4cccnn4)CC3)cc2ncn1CC1CC1. The van der Waals surface area contributed by atoms with Crippen molar-refractivity contribution in [2.24, 2.45) is 5.92 Å². The topological polar surface area (TPSA) is 67.2 Å². The maximum absolute atomic E-state index is 12.7. The van der Waals surface area contributed by atoms with Crippen molar-refractivity contribution >= 4 is 16.6 Å². The van der Waals surface area contributed by atoms with Gasteiger partial charge < -0.3 is 4.90 Å². The van der Waals surface area contributed by atoms with Crippen molar-refractivity contribution in [1.82, 2.24) is 24.6 Å². The molecule has 2 aliphatic rings. The Hall–Kier alpha value is -2.80. The molecular weight excluding hydrogens is 352 g/mol. The molecule has 0 N–H and O–H groups in total. The number of hydrogen-bond acceptors (Lipinski definition) is 6. The predicted molar refractivity (Wildman–Crippen MR) is 108 cm³/mol. The fraction of sp³-hybridized carbons (Fsp3) is 0.429. The molecule has 2 fully saturated rings. The highest BCUT2D eigenvalue weighted by molar-refractivity contribution is 5.81. The summed E-state index contributed by atoms with van der Waals surface area (Å²) in [5.74, 6) is 0.661. The molecule has 28 heavy (non-hydrogen) atoms. The Morgan fingerprint density at radius 1 is 1.07 bits per heavy atom. The number of rotatable bonds is 5. The van der Waals surface area contributed by atoms with Gasteiger partial charge in [-0.1, -0.05) is 0 Å². The van der Waals surface area contributed by atoms with Gasteiger partial charge in [-0.25, -0.2) is 4.98 Å². The van der Waals surface area contributed by atoms with Crippen molar-refractivity contribution in [1.29, 1.82) is 0 Å². The molecule has 3 aromatic rings. The first-order valence-electron chi connectivity index (χ1n) is 9.99. The number of fused-ring (bicyclic) bond motifs is 1. The van der Waals surface area contributed by atoms with Crippen LogP contribution < -0.4 is 10.5 Å². The number of benzene rings is 1. The summed E-state index contributed by atoms with van der Waals surface area (Å²) < 4.78 is 1.77. The number of aromatic nitrogens is 4. The van der Waals surface area contributed by atoms with E-state index in [-0.39, 0.29) is 5.56 Å². The second-order valence-corrected chi connectivity index (χ2v) is 7.83. The smallest absolute Gasteiger partial charge is 0.261 e. The Morgan fingerprint density at radius 3 is 2.68 bits per heavy atom. The second kappa shape index (κ2) is 7.31. The van der Waals surface area contributed by atoms with Crippen LogP contribution in [0.15, 0.2) is 47.7 Å². The summed E-state index contributed by atoms with van der Waals surface area (Å²) in [5.41, 5.74) is 3.01. The van der Waals surface area contributed by atoms with E-state index in [0.29, 0.717) is 11.3 Å². The highest BCUT2D eigenvalue weighted by Crippen LogP contribution is 2.30. The van der Waals surface area contributed by atoms with Gasteiger partial charge in [-0.05, 0) is 49.1 Å². The molecule has 5 rings (SSSR count). The lowest BCUT2D eigenvalue weighted by molar-refractivity contribution is 0.246. The average Bonchev–Trinajstić information content (AvgIpc) is 3.55. The molecule has 2 aromatic heterocycles. The summed E-state index contributed by atoms with van der Waals surface area (Å²) in [5, 5.41) is 8.84. The fourth-order valence-corrected chi connectivity index (χ4v) is 3.86. The van der Waals surface area contributed by atoms with Gasteiger partial charge in [0.15, 0.2) is 0 Å². The van der Waals surface area contributed by atoms with Gasteiger partial charge in [0.25, 0.3) is 5.56 Å². The molecule has 0 atom stereocenters. The van der Waals surface area contributed by atoms with Crippen LogP contribution in [0.3, 0.4) is 0 Å². The first kappa shape index (κ1) is 17.3. The lowest BCUT2D eigenvalue weighted by Crippen LogP contribution is -2.46. The lowest BCUT2D eigenvalue weighted by Gasteiger charge is -2.35. The zero-order valence-corrected chi connectivity index (χ0v) is 15.9. The van der Waals surface area contributed by atoms with E-state index >= 15 is 0 Å². The van der Waals surface area contributed by atoms with Crippen LogP contribution in [0.5, 0.6) is 0 Å². The first-order chi connectivity index (χ1) is 13.8. The molecule has 1 saturated carbocycles. The van der Waals surface area contributed by atoms with Gasteiger partial charge in [-0.2, -0.15) is 10.2 Å². The molecule has 7 nitrogen and oxygen atoms in total. The lowest BCUT2D eigenvalue weighted by atomic mass is 10.2. The Balaban J connectivity index is 1.28. The summed E-state index contributed by atoms with van der Waals surface area (Å²) in [6.07, 6.45) is 5.87. The zero-order chi connectivity index (χ0) is 18.9. The van der Waals surface area contributed by atoms with Gasteiger partial charge >= 0.3 is 0 Å². The zero-order valence-electron chi connectivity index (χ0n) is 15.9. The molecule has 3 heterocycles. The van der Waals surface area contributed by atoms with E-state index in [9.17, 15) is 4.79 Å². The second-order valence-electron chi connectivity index (χ2n) is 7.83. The minimum Gasteiger partial charge on any atom is -0.369 e. The molecule has 7 heteroatoms. The van der Waals surface area contributed by atoms with E-state index in [1.165, 1.54) is 12.8 Å². The van der Waals surface area contributed by atoms with Gasteiger partial charge in [0, 0.05) is 51.2 Å². The van der Waals surface area contributed by atoms with Crippen LogP contribution in [0.4, 0.5) is 5.69 Å². The van der Waals surface area contributed by atoms with E-state index < -0.39 is 0 Å². The number of anilines is 1. The quantitative estimate of drug-likeness (QED) is 0.678. The molecule has 0 amide bonds. The van der Waals surface area contributed by atoms with E-state index in [0.717, 1.165) is 56.2 Å². The van der Waals surface area contributed by atoms with E-state index in [1.54, 1.807) is 17.1 Å². The van der Waals surface area contributed by atoms with Gasteiger partial charge in [0.1, 0.15) is 0 Å². The van der Waals surface area contributed by atoms with Gasteiger partial charge in [-0.15, -0.1) is 0 Å². The van der Waals surface area contributed by atoms with Crippen molar-refractivity contribution in [3.8, 4) is 0 Å². The molecule has 1 aliphatic carbocycles. The van der Waals surface area contributed by atoms with Gasteiger partial charge in [0.2, 0.25) is 0 Å². The van der Waals surface area contributed by atoms with Gasteiger partial charge in [0.05, 0.1) is 22.9 Å². The highest BCUT2D eigenvalue weighted by Gasteiger charge is 2.23. The molecular formula is C21H24N6O. The summed E-state index contributed by atoms with van der Waals surface area (Å²) >= 11 is 0. The van der Waals surface area contributed by atoms with Crippen LogP contribution in [0.1, 0.15) is 18.5 Å². The largest absolute Gasteiger partial charge is 0.369 e. The third-order valence-electron chi connectivity index (χ3n) is 5.71. The van der Waals surface area contributed by atoms with Crippen molar-refractivity contribution in [2.45, 2.75) is 25.9 Å². The Kier molecular flexibility index (Phi) is 4.52. The standard InChI is InChI=1S/C21H24N6O/c28-21-19-6-5-18(12-20(19)22-15-27(21)13-16-3-4-16)26-10-8-25(9-11-26)14-17-2-1-7-23-24-17/h1-2,5-7,12,15-16H,3-4,8-11,13-14H2. The predicted octanol–water partition coefficient (Wildman–Crippen LogP) is 1.92. The van der Waals surface area contributed by atoms with Crippen LogP contribution in [-0.4, -0.2) is 50.8 Å². The summed E-state index contributed by atoms with van der Waals surface area (Å²) in [7, 11) is 0. The number of nitrogens with zero attached hydrogens (tertiary/aromatic N) is 6. The van der Waals surface area contributed by atoms with Gasteiger partial charge in [-0.3, -0.25) is 14.3 Å². The van der Waals surface area contributed by atoms with Crippen LogP contribution in [0.2, 0.25) is 0 Å². The number of piperazine rings is 1. The molecule has 0 radical (unpaired) electrons. The Bertz CT molecular complexity index is 1020. The van der Waals surface area contributed by atoms with Crippen LogP contribution in [0.25, 0.3) is 10.9 Å². The van der Waals surface area contributed by atoms with Crippen molar-refractivity contribution in [3.63, 3.8) is 0 Å². The molecule has 0 unspecified atom stereocenters. The molecule has 0 spiro atoms. The molecule has 1 aliphatic heterocycles. The minimum absolute atomic E-state index is 0.0808.